The van der Waals surface area contributed by atoms with Crippen LogP contribution >= 0.6 is 15.9 Å². The molecule has 0 saturated heterocycles. The van der Waals surface area contributed by atoms with E-state index in [1.165, 1.54) is 11.1 Å². The number of ketones is 1. The lowest BCUT2D eigenvalue weighted by atomic mass is 10.0. The summed E-state index contributed by atoms with van der Waals surface area (Å²) in [6, 6.07) is 12.9. The van der Waals surface area contributed by atoms with E-state index in [1.54, 1.807) is 19.1 Å². The van der Waals surface area contributed by atoms with Gasteiger partial charge in [-0.3, -0.25) is 4.79 Å². The Hall–Kier alpha value is -2.14. The van der Waals surface area contributed by atoms with Gasteiger partial charge >= 0.3 is 5.97 Å². The molecular weight excluding hydrogens is 384 g/mol. The number of fused-ring (bicyclic) bond motifs is 1. The second-order valence-corrected chi connectivity index (χ2v) is 6.99. The summed E-state index contributed by atoms with van der Waals surface area (Å²) in [5, 5.41) is 0. The molecule has 1 aliphatic rings. The second kappa shape index (κ2) is 7.83. The molecule has 5 heteroatoms. The maximum atomic E-state index is 12.5. The highest BCUT2D eigenvalue weighted by Gasteiger charge is 2.21. The Kier molecular flexibility index (Phi) is 5.53. The smallest absolute Gasteiger partial charge is 0.344 e. The first kappa shape index (κ1) is 17.7. The lowest BCUT2D eigenvalue weighted by Gasteiger charge is -2.13. The van der Waals surface area contributed by atoms with E-state index in [1.807, 2.05) is 30.3 Å². The van der Waals surface area contributed by atoms with Crippen LogP contribution in [0.3, 0.4) is 0 Å². The average molecular weight is 403 g/mol. The quantitative estimate of drug-likeness (QED) is 0.538. The molecule has 0 aliphatic heterocycles. The van der Waals surface area contributed by atoms with E-state index in [0.29, 0.717) is 11.3 Å². The zero-order valence-electron chi connectivity index (χ0n) is 14.0. The van der Waals surface area contributed by atoms with E-state index in [-0.39, 0.29) is 12.4 Å². The van der Waals surface area contributed by atoms with Crippen LogP contribution in [0.15, 0.2) is 46.9 Å². The van der Waals surface area contributed by atoms with Crippen molar-refractivity contribution in [3.8, 4) is 5.75 Å². The van der Waals surface area contributed by atoms with Crippen molar-refractivity contribution in [2.45, 2.75) is 32.3 Å². The first-order valence-electron chi connectivity index (χ1n) is 8.27. The van der Waals surface area contributed by atoms with Gasteiger partial charge in [-0.1, -0.05) is 28.1 Å². The Morgan fingerprint density at radius 2 is 1.80 bits per heavy atom. The SMILES string of the molecule is C[C@@H](OC(=O)COc1ccc(Br)cc1)C(=O)c1ccc2c(c1)CCC2. The van der Waals surface area contributed by atoms with Crippen LogP contribution in [-0.2, 0) is 22.4 Å². The van der Waals surface area contributed by atoms with Gasteiger partial charge in [-0.05, 0) is 67.6 Å². The fourth-order valence-electron chi connectivity index (χ4n) is 2.92. The van der Waals surface area contributed by atoms with Gasteiger partial charge in [0, 0.05) is 10.0 Å². The number of benzene rings is 2. The van der Waals surface area contributed by atoms with E-state index in [9.17, 15) is 9.59 Å². The Balaban J connectivity index is 1.54. The average Bonchev–Trinajstić information content (AvgIpc) is 3.08. The number of carbonyl (C=O) groups is 2. The van der Waals surface area contributed by atoms with Crippen molar-refractivity contribution >= 4 is 27.7 Å². The normalized spacial score (nSPS) is 13.8. The van der Waals surface area contributed by atoms with Gasteiger partial charge in [0.1, 0.15) is 5.75 Å². The van der Waals surface area contributed by atoms with Crippen molar-refractivity contribution < 1.29 is 19.1 Å². The first-order valence-corrected chi connectivity index (χ1v) is 9.06. The van der Waals surface area contributed by atoms with Crippen molar-refractivity contribution in [3.63, 3.8) is 0 Å². The fraction of sp³-hybridized carbons (Fsp3) is 0.300. The summed E-state index contributed by atoms with van der Waals surface area (Å²) in [4.78, 5) is 24.4. The number of Topliss-reactive ketones (excluding diaryl/α,β-unsaturated/α-hetero) is 1. The standard InChI is InChI=1S/C20H19BrO4/c1-13(20(23)16-6-5-14-3-2-4-15(14)11-16)25-19(22)12-24-18-9-7-17(21)8-10-18/h5-11,13H,2-4,12H2,1H3/t13-/m1/s1. The molecule has 0 N–H and O–H groups in total. The lowest BCUT2D eigenvalue weighted by Crippen LogP contribution is -2.27. The maximum absolute atomic E-state index is 12.5. The number of hydrogen-bond donors (Lipinski definition) is 0. The topological polar surface area (TPSA) is 52.6 Å². The van der Waals surface area contributed by atoms with Gasteiger partial charge in [-0.15, -0.1) is 0 Å². The Bertz CT molecular complexity index is 783. The number of ether oxygens (including phenoxy) is 2. The monoisotopic (exact) mass is 402 g/mol. The molecule has 0 amide bonds. The highest BCUT2D eigenvalue weighted by molar-refractivity contribution is 9.10. The van der Waals surface area contributed by atoms with Gasteiger partial charge in [0.2, 0.25) is 5.78 Å². The molecule has 2 aromatic carbocycles. The zero-order chi connectivity index (χ0) is 17.8. The predicted molar refractivity (Wildman–Crippen MR) is 98.0 cm³/mol. The van der Waals surface area contributed by atoms with Gasteiger partial charge in [0.15, 0.2) is 12.7 Å². The van der Waals surface area contributed by atoms with Crippen molar-refractivity contribution in [2.24, 2.45) is 0 Å². The minimum absolute atomic E-state index is 0.188. The van der Waals surface area contributed by atoms with E-state index in [0.717, 1.165) is 23.7 Å². The third-order valence-electron chi connectivity index (χ3n) is 4.23. The van der Waals surface area contributed by atoms with Crippen LogP contribution in [0.1, 0.15) is 34.8 Å². The van der Waals surface area contributed by atoms with Gasteiger partial charge in [0.05, 0.1) is 0 Å². The molecule has 0 spiro atoms. The molecule has 0 fully saturated rings. The molecule has 1 atom stereocenters. The summed E-state index contributed by atoms with van der Waals surface area (Å²) in [7, 11) is 0. The number of esters is 1. The Morgan fingerprint density at radius 3 is 2.56 bits per heavy atom. The number of rotatable bonds is 6. The van der Waals surface area contributed by atoms with Crippen LogP contribution in [0, 0.1) is 0 Å². The summed E-state index contributed by atoms with van der Waals surface area (Å²) in [6.07, 6.45) is 2.37. The number of aryl methyl sites for hydroxylation is 2. The van der Waals surface area contributed by atoms with Gasteiger partial charge in [-0.2, -0.15) is 0 Å². The van der Waals surface area contributed by atoms with E-state index in [2.05, 4.69) is 15.9 Å². The van der Waals surface area contributed by atoms with Crippen LogP contribution in [0.2, 0.25) is 0 Å². The van der Waals surface area contributed by atoms with Crippen molar-refractivity contribution in [3.05, 3.63) is 63.6 Å². The summed E-state index contributed by atoms with van der Waals surface area (Å²) < 4.78 is 11.5. The minimum Gasteiger partial charge on any atom is -0.482 e. The summed E-state index contributed by atoms with van der Waals surface area (Å²) in [5.41, 5.74) is 3.13. The van der Waals surface area contributed by atoms with E-state index < -0.39 is 12.1 Å². The summed E-state index contributed by atoms with van der Waals surface area (Å²) >= 11 is 3.33. The molecule has 130 valence electrons. The molecule has 3 rings (SSSR count). The minimum atomic E-state index is -0.833. The highest BCUT2D eigenvalue weighted by Crippen LogP contribution is 2.23. The lowest BCUT2D eigenvalue weighted by molar-refractivity contribution is -0.148. The molecule has 1 aliphatic carbocycles. The van der Waals surface area contributed by atoms with Crippen LogP contribution in [0.4, 0.5) is 0 Å². The van der Waals surface area contributed by atoms with Crippen LogP contribution in [0.25, 0.3) is 0 Å². The third kappa shape index (κ3) is 4.48. The van der Waals surface area contributed by atoms with Gasteiger partial charge < -0.3 is 9.47 Å². The maximum Gasteiger partial charge on any atom is 0.344 e. The number of hydrogen-bond acceptors (Lipinski definition) is 4. The Morgan fingerprint density at radius 1 is 1.08 bits per heavy atom. The molecule has 25 heavy (non-hydrogen) atoms. The first-order chi connectivity index (χ1) is 12.0. The largest absolute Gasteiger partial charge is 0.482 e. The summed E-state index contributed by atoms with van der Waals surface area (Å²) in [6.45, 7) is 1.36. The van der Waals surface area contributed by atoms with Gasteiger partial charge in [-0.25, -0.2) is 4.79 Å². The van der Waals surface area contributed by atoms with Crippen molar-refractivity contribution in [1.82, 2.24) is 0 Å². The Labute approximate surface area is 155 Å². The van der Waals surface area contributed by atoms with Gasteiger partial charge in [0.25, 0.3) is 0 Å². The molecule has 4 nitrogen and oxygen atoms in total. The van der Waals surface area contributed by atoms with E-state index >= 15 is 0 Å². The molecule has 0 aromatic heterocycles. The molecule has 2 aromatic rings. The molecule has 0 bridgehead atoms. The fourth-order valence-corrected chi connectivity index (χ4v) is 3.18. The number of halogens is 1. The second-order valence-electron chi connectivity index (χ2n) is 6.08. The molecule has 0 heterocycles. The summed E-state index contributed by atoms with van der Waals surface area (Å²) in [5.74, 6) is -0.186. The van der Waals surface area contributed by atoms with Crippen LogP contribution in [-0.4, -0.2) is 24.5 Å². The van der Waals surface area contributed by atoms with E-state index in [4.69, 9.17) is 9.47 Å². The highest BCUT2D eigenvalue weighted by atomic mass is 79.9. The number of carbonyl (C=O) groups excluding carboxylic acids is 2. The third-order valence-corrected chi connectivity index (χ3v) is 4.76. The zero-order valence-corrected chi connectivity index (χ0v) is 15.5. The van der Waals surface area contributed by atoms with Crippen molar-refractivity contribution in [1.29, 1.82) is 0 Å². The molecular formula is C20H19BrO4. The molecule has 0 radical (unpaired) electrons. The molecule has 0 unspecified atom stereocenters. The van der Waals surface area contributed by atoms with Crippen LogP contribution < -0.4 is 4.74 Å². The predicted octanol–water partition coefficient (Wildman–Crippen LogP) is 4.13. The van der Waals surface area contributed by atoms with Crippen LogP contribution in [0.5, 0.6) is 5.75 Å². The molecule has 0 saturated carbocycles. The van der Waals surface area contributed by atoms with Crippen molar-refractivity contribution in [2.75, 3.05) is 6.61 Å².